The van der Waals surface area contributed by atoms with E-state index in [0.29, 0.717) is 0 Å². The second kappa shape index (κ2) is 6.34. The van der Waals surface area contributed by atoms with Crippen LogP contribution in [-0.2, 0) is 6.42 Å². The van der Waals surface area contributed by atoms with E-state index in [1.54, 1.807) is 12.4 Å². The van der Waals surface area contributed by atoms with Gasteiger partial charge in [-0.2, -0.15) is 0 Å². The first kappa shape index (κ1) is 13.6. The molecule has 0 bridgehead atoms. The Morgan fingerprint density at radius 2 is 2.16 bits per heavy atom. The quantitative estimate of drug-likeness (QED) is 0.891. The van der Waals surface area contributed by atoms with Gasteiger partial charge >= 0.3 is 0 Å². The van der Waals surface area contributed by atoms with Gasteiger partial charge < -0.3 is 10.5 Å². The fraction of sp³-hybridized carbons (Fsp3) is 0.312. The molecule has 1 aromatic heterocycles. The van der Waals surface area contributed by atoms with E-state index in [1.165, 1.54) is 5.56 Å². The third-order valence-corrected chi connectivity index (χ3v) is 3.14. The molecule has 2 N–H and O–H groups in total. The first-order valence-electron chi connectivity index (χ1n) is 6.62. The molecule has 1 atom stereocenters. The number of nitrogens with zero attached hydrogens (tertiary/aromatic N) is 1. The van der Waals surface area contributed by atoms with Crippen molar-refractivity contribution in [3.05, 3.63) is 53.9 Å². The van der Waals surface area contributed by atoms with Crippen LogP contribution >= 0.6 is 0 Å². The monoisotopic (exact) mass is 256 g/mol. The van der Waals surface area contributed by atoms with E-state index in [1.807, 2.05) is 19.1 Å². The first-order chi connectivity index (χ1) is 9.19. The molecule has 2 rings (SSSR count). The molecule has 3 nitrogen and oxygen atoms in total. The van der Waals surface area contributed by atoms with Gasteiger partial charge in [-0.05, 0) is 49.1 Å². The van der Waals surface area contributed by atoms with Crippen LogP contribution in [0.4, 0.5) is 0 Å². The van der Waals surface area contributed by atoms with Crippen LogP contribution in [0.2, 0.25) is 0 Å². The lowest BCUT2D eigenvalue weighted by Crippen LogP contribution is -2.21. The Hall–Kier alpha value is -1.87. The average Bonchev–Trinajstić information content (AvgIpc) is 2.43. The van der Waals surface area contributed by atoms with E-state index >= 15 is 0 Å². The van der Waals surface area contributed by atoms with Gasteiger partial charge in [0.25, 0.3) is 0 Å². The van der Waals surface area contributed by atoms with Gasteiger partial charge in [-0.25, -0.2) is 0 Å². The Kier molecular flexibility index (Phi) is 4.53. The van der Waals surface area contributed by atoms with E-state index in [4.69, 9.17) is 10.5 Å². The zero-order valence-corrected chi connectivity index (χ0v) is 11.5. The molecule has 0 spiro atoms. The molecule has 0 saturated carbocycles. The number of benzene rings is 1. The third-order valence-electron chi connectivity index (χ3n) is 3.14. The van der Waals surface area contributed by atoms with Gasteiger partial charge in [0.1, 0.15) is 11.5 Å². The molecule has 1 heterocycles. The zero-order valence-electron chi connectivity index (χ0n) is 11.5. The van der Waals surface area contributed by atoms with Gasteiger partial charge in [0.15, 0.2) is 0 Å². The van der Waals surface area contributed by atoms with Crippen molar-refractivity contribution in [1.82, 2.24) is 4.98 Å². The number of ether oxygens (including phenoxy) is 1. The van der Waals surface area contributed by atoms with Crippen molar-refractivity contribution < 1.29 is 4.74 Å². The summed E-state index contributed by atoms with van der Waals surface area (Å²) in [4.78, 5) is 4.05. The second-order valence-electron chi connectivity index (χ2n) is 4.76. The molecule has 0 aliphatic heterocycles. The summed E-state index contributed by atoms with van der Waals surface area (Å²) in [6.07, 6.45) is 5.30. The zero-order chi connectivity index (χ0) is 13.7. The predicted molar refractivity (Wildman–Crippen MR) is 77.5 cm³/mol. The lowest BCUT2D eigenvalue weighted by Gasteiger charge is -2.12. The Labute approximate surface area is 114 Å². The molecular formula is C16H20N2O. The molecule has 19 heavy (non-hydrogen) atoms. The minimum Gasteiger partial charge on any atom is -0.455 e. The third kappa shape index (κ3) is 3.80. The maximum absolute atomic E-state index is 5.99. The maximum atomic E-state index is 5.99. The fourth-order valence-electron chi connectivity index (χ4n) is 1.86. The fourth-order valence-corrected chi connectivity index (χ4v) is 1.86. The smallest absolute Gasteiger partial charge is 0.145 e. The van der Waals surface area contributed by atoms with Crippen LogP contribution in [0.5, 0.6) is 11.5 Å². The van der Waals surface area contributed by atoms with Crippen molar-refractivity contribution in [3.63, 3.8) is 0 Å². The van der Waals surface area contributed by atoms with Crippen LogP contribution < -0.4 is 10.5 Å². The van der Waals surface area contributed by atoms with E-state index in [-0.39, 0.29) is 6.04 Å². The maximum Gasteiger partial charge on any atom is 0.145 e. The lowest BCUT2D eigenvalue weighted by molar-refractivity contribution is 0.475. The molecule has 3 heteroatoms. The summed E-state index contributed by atoms with van der Waals surface area (Å²) in [5, 5.41) is 0. The number of hydrogen-bond donors (Lipinski definition) is 1. The number of aryl methyl sites for hydroxylation is 1. The molecule has 100 valence electrons. The van der Waals surface area contributed by atoms with Gasteiger partial charge in [-0.15, -0.1) is 0 Å². The highest BCUT2D eigenvalue weighted by atomic mass is 16.5. The van der Waals surface area contributed by atoms with Crippen molar-refractivity contribution in [2.45, 2.75) is 32.7 Å². The van der Waals surface area contributed by atoms with E-state index in [2.05, 4.69) is 30.1 Å². The Morgan fingerprint density at radius 1 is 1.32 bits per heavy atom. The lowest BCUT2D eigenvalue weighted by atomic mass is 10.0. The number of pyridine rings is 1. The molecule has 0 aliphatic rings. The van der Waals surface area contributed by atoms with Gasteiger partial charge in [0.05, 0.1) is 6.20 Å². The standard InChI is InChI=1S/C16H20N2O/c1-3-14(17)9-13-7-6-12(2)16(10-13)19-15-5-4-8-18-11-15/h4-8,10-11,14H,3,9,17H2,1-2H3. The van der Waals surface area contributed by atoms with Crippen molar-refractivity contribution in [1.29, 1.82) is 0 Å². The van der Waals surface area contributed by atoms with Gasteiger partial charge in [-0.1, -0.05) is 19.1 Å². The SMILES string of the molecule is CCC(N)Cc1ccc(C)c(Oc2cccnc2)c1. The minimum absolute atomic E-state index is 0.203. The molecular weight excluding hydrogens is 236 g/mol. The first-order valence-corrected chi connectivity index (χ1v) is 6.62. The molecule has 0 fully saturated rings. The molecule has 0 aliphatic carbocycles. The second-order valence-corrected chi connectivity index (χ2v) is 4.76. The molecule has 0 radical (unpaired) electrons. The van der Waals surface area contributed by atoms with Crippen molar-refractivity contribution >= 4 is 0 Å². The van der Waals surface area contributed by atoms with E-state index in [0.717, 1.165) is 29.9 Å². The Bertz CT molecular complexity index is 526. The molecule has 0 saturated heterocycles. The summed E-state index contributed by atoms with van der Waals surface area (Å²) in [7, 11) is 0. The van der Waals surface area contributed by atoms with Crippen LogP contribution in [-0.4, -0.2) is 11.0 Å². The predicted octanol–water partition coefficient (Wildman–Crippen LogP) is 3.46. The number of rotatable bonds is 5. The number of aromatic nitrogens is 1. The van der Waals surface area contributed by atoms with E-state index < -0.39 is 0 Å². The average molecular weight is 256 g/mol. The molecule has 1 aromatic carbocycles. The van der Waals surface area contributed by atoms with Gasteiger partial charge in [0, 0.05) is 12.2 Å². The molecule has 1 unspecified atom stereocenters. The largest absolute Gasteiger partial charge is 0.455 e. The summed E-state index contributed by atoms with van der Waals surface area (Å²) in [6, 6.07) is 10.2. The van der Waals surface area contributed by atoms with Crippen molar-refractivity contribution in [2.75, 3.05) is 0 Å². The van der Waals surface area contributed by atoms with Crippen LogP contribution in [0.1, 0.15) is 24.5 Å². The van der Waals surface area contributed by atoms with Gasteiger partial charge in [0.2, 0.25) is 0 Å². The summed E-state index contributed by atoms with van der Waals surface area (Å²) >= 11 is 0. The van der Waals surface area contributed by atoms with Gasteiger partial charge in [-0.3, -0.25) is 4.98 Å². The highest BCUT2D eigenvalue weighted by Crippen LogP contribution is 2.26. The Balaban J connectivity index is 2.17. The summed E-state index contributed by atoms with van der Waals surface area (Å²) in [5.41, 5.74) is 8.31. The normalized spacial score (nSPS) is 12.2. The summed E-state index contributed by atoms with van der Waals surface area (Å²) in [6.45, 7) is 4.14. The number of nitrogens with two attached hydrogens (primary N) is 1. The van der Waals surface area contributed by atoms with Crippen LogP contribution in [0, 0.1) is 6.92 Å². The highest BCUT2D eigenvalue weighted by molar-refractivity contribution is 5.39. The van der Waals surface area contributed by atoms with Crippen LogP contribution in [0.15, 0.2) is 42.7 Å². The minimum atomic E-state index is 0.203. The molecule has 2 aromatic rings. The summed E-state index contributed by atoms with van der Waals surface area (Å²) < 4.78 is 5.86. The highest BCUT2D eigenvalue weighted by Gasteiger charge is 2.06. The molecule has 0 amide bonds. The van der Waals surface area contributed by atoms with Crippen molar-refractivity contribution in [3.8, 4) is 11.5 Å². The van der Waals surface area contributed by atoms with Crippen LogP contribution in [0.3, 0.4) is 0 Å². The van der Waals surface area contributed by atoms with Crippen LogP contribution in [0.25, 0.3) is 0 Å². The summed E-state index contributed by atoms with van der Waals surface area (Å²) in [5.74, 6) is 1.62. The Morgan fingerprint density at radius 3 is 2.84 bits per heavy atom. The van der Waals surface area contributed by atoms with Crippen molar-refractivity contribution in [2.24, 2.45) is 5.73 Å². The van der Waals surface area contributed by atoms with E-state index in [9.17, 15) is 0 Å². The topological polar surface area (TPSA) is 48.1 Å². The number of hydrogen-bond acceptors (Lipinski definition) is 3.